The third-order valence-corrected chi connectivity index (χ3v) is 13.1. The molecule has 0 aliphatic heterocycles. The predicted octanol–water partition coefficient (Wildman–Crippen LogP) is 16.7. The minimum atomic E-state index is 1.19. The van der Waals surface area contributed by atoms with Gasteiger partial charge in [0, 0.05) is 16.2 Å². The van der Waals surface area contributed by atoms with E-state index in [1.54, 1.807) is 0 Å². The molecule has 13 aromatic rings. The Morgan fingerprint density at radius 3 is 1.43 bits per heavy atom. The molecule has 282 valence electrons. The van der Waals surface area contributed by atoms with Crippen LogP contribution in [0.1, 0.15) is 0 Å². The molecule has 0 fully saturated rings. The molecule has 0 unspecified atom stereocenters. The fourth-order valence-electron chi connectivity index (χ4n) is 10.4. The molecule has 0 atom stereocenters. The maximum atomic E-state index is 2.51. The lowest BCUT2D eigenvalue weighted by Gasteiger charge is -2.20. The Balaban J connectivity index is 1.10. The Hall–Kier alpha value is -8.00. The summed E-state index contributed by atoms with van der Waals surface area (Å²) < 4.78 is 2.51. The number of hydrogen-bond acceptors (Lipinski definition) is 0. The van der Waals surface area contributed by atoms with Gasteiger partial charge in [0.1, 0.15) is 0 Å². The van der Waals surface area contributed by atoms with Gasteiger partial charge in [-0.3, -0.25) is 0 Å². The van der Waals surface area contributed by atoms with Crippen molar-refractivity contribution in [2.45, 2.75) is 0 Å². The van der Waals surface area contributed by atoms with Crippen LogP contribution in [0.2, 0.25) is 0 Å². The molecule has 13 rings (SSSR count). The van der Waals surface area contributed by atoms with Gasteiger partial charge in [0.2, 0.25) is 0 Å². The predicted molar refractivity (Wildman–Crippen MR) is 262 cm³/mol. The lowest BCUT2D eigenvalue weighted by molar-refractivity contribution is 1.20. The smallest absolute Gasteiger partial charge is 0.0548 e. The summed E-state index contributed by atoms with van der Waals surface area (Å²) >= 11 is 0. The van der Waals surface area contributed by atoms with Gasteiger partial charge in [0.05, 0.1) is 16.7 Å². The number of fused-ring (bicyclic) bond motifs is 11. The first-order valence-electron chi connectivity index (χ1n) is 21.2. The highest BCUT2D eigenvalue weighted by atomic mass is 15.0. The van der Waals surface area contributed by atoms with Crippen molar-refractivity contribution in [2.24, 2.45) is 0 Å². The summed E-state index contributed by atoms with van der Waals surface area (Å²) in [6.45, 7) is 0. The fraction of sp³-hybridized carbons (Fsp3) is 0. The Morgan fingerprint density at radius 1 is 0.246 bits per heavy atom. The SMILES string of the molecule is c1ccc(-c2ccc3c(-c4cccc5cc6c(-n7c8ccc9ccccc9c8c8c9ccccc9ccc87)cccc6cc45)c4ccccc4c(-c4ccccc4)c3c2)cc1. The van der Waals surface area contributed by atoms with Gasteiger partial charge >= 0.3 is 0 Å². The minimum absolute atomic E-state index is 1.19. The van der Waals surface area contributed by atoms with E-state index in [0.29, 0.717) is 0 Å². The maximum Gasteiger partial charge on any atom is 0.0548 e. The molecule has 61 heavy (non-hydrogen) atoms. The highest BCUT2D eigenvalue weighted by molar-refractivity contribution is 6.29. The van der Waals surface area contributed by atoms with E-state index in [1.807, 2.05) is 0 Å². The Labute approximate surface area is 353 Å². The standard InChI is InChI=1S/C60H37N/c1-3-15-38(16-4-1)42-29-32-50-53(35-42)57(41-19-5-2-6-20-41)47-25-11-12-26-48(47)58(50)49-27-13-21-43-37-52-44(36-51(43)49)22-14-28-54(52)61-55-33-30-39-17-7-9-23-45(39)59(55)60-46-24-10-8-18-40(46)31-34-56(60)61/h1-37H. The summed E-state index contributed by atoms with van der Waals surface area (Å²) in [5.74, 6) is 0. The first-order chi connectivity index (χ1) is 30.3. The average Bonchev–Trinajstić information content (AvgIpc) is 3.68. The molecule has 0 aliphatic carbocycles. The van der Waals surface area contributed by atoms with Gasteiger partial charge in [-0.2, -0.15) is 0 Å². The molecule has 1 nitrogen and oxygen atoms in total. The van der Waals surface area contributed by atoms with Crippen LogP contribution in [-0.2, 0) is 0 Å². The molecule has 0 saturated carbocycles. The van der Waals surface area contributed by atoms with Crippen LogP contribution in [-0.4, -0.2) is 4.57 Å². The molecule has 1 heterocycles. The van der Waals surface area contributed by atoms with Gasteiger partial charge in [-0.05, 0) is 129 Å². The first-order valence-corrected chi connectivity index (χ1v) is 21.2. The van der Waals surface area contributed by atoms with Crippen molar-refractivity contribution in [3.05, 3.63) is 224 Å². The van der Waals surface area contributed by atoms with E-state index in [0.717, 1.165) is 0 Å². The van der Waals surface area contributed by atoms with Gasteiger partial charge in [0.15, 0.2) is 0 Å². The van der Waals surface area contributed by atoms with Crippen LogP contribution < -0.4 is 0 Å². The topological polar surface area (TPSA) is 4.93 Å². The van der Waals surface area contributed by atoms with E-state index in [1.165, 1.54) is 126 Å². The summed E-state index contributed by atoms with van der Waals surface area (Å²) in [5, 5.41) is 17.6. The van der Waals surface area contributed by atoms with Gasteiger partial charge in [-0.25, -0.2) is 0 Å². The lowest BCUT2D eigenvalue weighted by atomic mass is 9.83. The van der Waals surface area contributed by atoms with Crippen LogP contribution in [0.3, 0.4) is 0 Å². The zero-order valence-electron chi connectivity index (χ0n) is 33.3. The molecule has 0 N–H and O–H groups in total. The Bertz CT molecular complexity index is 3820. The molecule has 0 radical (unpaired) electrons. The third kappa shape index (κ3) is 5.08. The van der Waals surface area contributed by atoms with Crippen molar-refractivity contribution in [1.82, 2.24) is 4.57 Å². The zero-order chi connectivity index (χ0) is 40.0. The van der Waals surface area contributed by atoms with Gasteiger partial charge in [0.25, 0.3) is 0 Å². The number of rotatable bonds is 4. The van der Waals surface area contributed by atoms with Crippen LogP contribution in [0.5, 0.6) is 0 Å². The second kappa shape index (κ2) is 13.3. The number of hydrogen-bond donors (Lipinski definition) is 0. The number of aromatic nitrogens is 1. The van der Waals surface area contributed by atoms with Crippen molar-refractivity contribution in [3.8, 4) is 39.1 Å². The second-order valence-corrected chi connectivity index (χ2v) is 16.4. The quantitative estimate of drug-likeness (QED) is 0.157. The summed E-state index contributed by atoms with van der Waals surface area (Å²) in [4.78, 5) is 0. The largest absolute Gasteiger partial charge is 0.309 e. The van der Waals surface area contributed by atoms with Gasteiger partial charge in [-0.15, -0.1) is 0 Å². The van der Waals surface area contributed by atoms with Crippen LogP contribution in [0.4, 0.5) is 0 Å². The van der Waals surface area contributed by atoms with Crippen molar-refractivity contribution >= 4 is 86.4 Å². The molecule has 0 saturated heterocycles. The van der Waals surface area contributed by atoms with Crippen LogP contribution >= 0.6 is 0 Å². The maximum absolute atomic E-state index is 2.51. The molecule has 12 aromatic carbocycles. The van der Waals surface area contributed by atoms with Crippen LogP contribution in [0, 0.1) is 0 Å². The van der Waals surface area contributed by atoms with Crippen LogP contribution in [0.25, 0.3) is 126 Å². The molecule has 0 spiro atoms. The normalized spacial score (nSPS) is 11.9. The Kier molecular flexibility index (Phi) is 7.37. The van der Waals surface area contributed by atoms with E-state index in [2.05, 4.69) is 229 Å². The summed E-state index contributed by atoms with van der Waals surface area (Å²) in [6.07, 6.45) is 0. The van der Waals surface area contributed by atoms with Crippen LogP contribution in [0.15, 0.2) is 224 Å². The minimum Gasteiger partial charge on any atom is -0.309 e. The third-order valence-electron chi connectivity index (χ3n) is 13.1. The van der Waals surface area contributed by atoms with Gasteiger partial charge < -0.3 is 4.57 Å². The first kappa shape index (κ1) is 33.9. The number of benzene rings is 12. The molecular formula is C60H37N. The highest BCUT2D eigenvalue weighted by Gasteiger charge is 2.21. The lowest BCUT2D eigenvalue weighted by Crippen LogP contribution is -1.96. The van der Waals surface area contributed by atoms with E-state index >= 15 is 0 Å². The summed E-state index contributed by atoms with van der Waals surface area (Å²) in [5.41, 5.74) is 11.1. The van der Waals surface area contributed by atoms with E-state index < -0.39 is 0 Å². The van der Waals surface area contributed by atoms with Gasteiger partial charge in [-0.1, -0.05) is 188 Å². The molecule has 0 amide bonds. The average molecular weight is 772 g/mol. The number of nitrogens with zero attached hydrogens (tertiary/aromatic N) is 1. The van der Waals surface area contributed by atoms with E-state index in [-0.39, 0.29) is 0 Å². The van der Waals surface area contributed by atoms with Crippen molar-refractivity contribution in [2.75, 3.05) is 0 Å². The molecular weight excluding hydrogens is 735 g/mol. The fourth-order valence-corrected chi connectivity index (χ4v) is 10.4. The second-order valence-electron chi connectivity index (χ2n) is 16.4. The zero-order valence-corrected chi connectivity index (χ0v) is 33.3. The Morgan fingerprint density at radius 2 is 0.754 bits per heavy atom. The monoisotopic (exact) mass is 771 g/mol. The van der Waals surface area contributed by atoms with Crippen molar-refractivity contribution < 1.29 is 0 Å². The van der Waals surface area contributed by atoms with Crippen molar-refractivity contribution in [3.63, 3.8) is 0 Å². The molecule has 0 aliphatic rings. The molecule has 1 heteroatoms. The van der Waals surface area contributed by atoms with Crippen molar-refractivity contribution in [1.29, 1.82) is 0 Å². The summed E-state index contributed by atoms with van der Waals surface area (Å²) in [6, 6.07) is 83.1. The summed E-state index contributed by atoms with van der Waals surface area (Å²) in [7, 11) is 0. The highest BCUT2D eigenvalue weighted by Crippen LogP contribution is 2.48. The molecule has 0 bridgehead atoms. The van der Waals surface area contributed by atoms with E-state index in [4.69, 9.17) is 0 Å². The molecule has 1 aromatic heterocycles. The van der Waals surface area contributed by atoms with E-state index in [9.17, 15) is 0 Å².